The monoisotopic (exact) mass is 444 g/mol. The van der Waals surface area contributed by atoms with Crippen LogP contribution < -0.4 is 0 Å². The molecule has 0 amide bonds. The molecule has 0 spiro atoms. The van der Waals surface area contributed by atoms with Gasteiger partial charge in [0.1, 0.15) is 0 Å². The number of hydrogen-bond acceptors (Lipinski definition) is 1. The zero-order chi connectivity index (χ0) is 23.9. The molecule has 0 aliphatic carbocycles. The molecule has 0 fully saturated rings. The van der Waals surface area contributed by atoms with Crippen LogP contribution in [0.25, 0.3) is 59.4 Å². The van der Waals surface area contributed by atoms with E-state index in [1.807, 2.05) is 19.1 Å². The van der Waals surface area contributed by atoms with Gasteiger partial charge in [-0.3, -0.25) is 0 Å². The standard InChI is InChI=1S/C33H20N2/c1-21-17-25(20-34)31(35-2)19-30(21)33-29-14-8-6-12-27(29)26-11-5-7-13-28(26)32(33)24-16-15-22-9-3-4-10-23(22)18-24/h3-19H,1H3. The maximum absolute atomic E-state index is 9.59. The van der Waals surface area contributed by atoms with Crippen LogP contribution in [0.2, 0.25) is 0 Å². The minimum absolute atomic E-state index is 0.384. The van der Waals surface area contributed by atoms with Gasteiger partial charge in [0.25, 0.3) is 0 Å². The van der Waals surface area contributed by atoms with Crippen LogP contribution in [-0.4, -0.2) is 0 Å². The minimum Gasteiger partial charge on any atom is -0.237 e. The molecule has 162 valence electrons. The van der Waals surface area contributed by atoms with Crippen LogP contribution in [0.3, 0.4) is 0 Å². The van der Waals surface area contributed by atoms with Gasteiger partial charge in [-0.1, -0.05) is 91.0 Å². The highest BCUT2D eigenvalue weighted by molar-refractivity contribution is 6.22. The first kappa shape index (κ1) is 20.7. The molecule has 35 heavy (non-hydrogen) atoms. The van der Waals surface area contributed by atoms with Crippen molar-refractivity contribution in [3.8, 4) is 28.3 Å². The summed E-state index contributed by atoms with van der Waals surface area (Å²) in [6.45, 7) is 9.72. The molecule has 0 saturated heterocycles. The molecule has 0 heterocycles. The van der Waals surface area contributed by atoms with Crippen molar-refractivity contribution in [1.82, 2.24) is 0 Å². The Bertz CT molecular complexity index is 1880. The smallest absolute Gasteiger partial charge is 0.205 e. The van der Waals surface area contributed by atoms with E-state index in [2.05, 4.69) is 102 Å². The van der Waals surface area contributed by atoms with E-state index in [0.717, 1.165) is 33.2 Å². The molecule has 0 bridgehead atoms. The number of benzene rings is 6. The molecule has 0 saturated carbocycles. The molecule has 0 N–H and O–H groups in total. The van der Waals surface area contributed by atoms with Crippen molar-refractivity contribution in [2.45, 2.75) is 6.92 Å². The second-order valence-electron chi connectivity index (χ2n) is 8.81. The second kappa shape index (κ2) is 8.14. The Balaban J connectivity index is 1.84. The first-order valence-corrected chi connectivity index (χ1v) is 11.5. The highest BCUT2D eigenvalue weighted by Gasteiger charge is 2.20. The van der Waals surface area contributed by atoms with Gasteiger partial charge in [-0.25, -0.2) is 4.85 Å². The lowest BCUT2D eigenvalue weighted by Gasteiger charge is -2.20. The van der Waals surface area contributed by atoms with Gasteiger partial charge in [0.05, 0.1) is 18.2 Å². The molecule has 0 radical (unpaired) electrons. The summed E-state index contributed by atoms with van der Waals surface area (Å²) in [5.74, 6) is 0. The van der Waals surface area contributed by atoms with E-state index in [-0.39, 0.29) is 0 Å². The van der Waals surface area contributed by atoms with Crippen LogP contribution in [0.4, 0.5) is 5.69 Å². The maximum atomic E-state index is 9.59. The number of aryl methyl sites for hydroxylation is 1. The van der Waals surface area contributed by atoms with Crippen molar-refractivity contribution in [2.24, 2.45) is 0 Å². The second-order valence-corrected chi connectivity index (χ2v) is 8.81. The summed E-state index contributed by atoms with van der Waals surface area (Å²) in [5.41, 5.74) is 6.15. The molecule has 0 aliphatic rings. The van der Waals surface area contributed by atoms with Crippen molar-refractivity contribution in [3.05, 3.63) is 126 Å². The maximum Gasteiger partial charge on any atom is 0.205 e. The molecule has 6 aromatic carbocycles. The van der Waals surface area contributed by atoms with Gasteiger partial charge in [-0.15, -0.1) is 0 Å². The highest BCUT2D eigenvalue weighted by Crippen LogP contribution is 2.46. The van der Waals surface area contributed by atoms with Crippen molar-refractivity contribution < 1.29 is 0 Å². The Labute approximate surface area is 204 Å². The fourth-order valence-electron chi connectivity index (χ4n) is 5.21. The molecule has 0 atom stereocenters. The summed E-state index contributed by atoms with van der Waals surface area (Å²) in [7, 11) is 0. The van der Waals surface area contributed by atoms with Crippen molar-refractivity contribution in [3.63, 3.8) is 0 Å². The van der Waals surface area contributed by atoms with E-state index in [1.54, 1.807) is 0 Å². The van der Waals surface area contributed by atoms with Gasteiger partial charge in [0, 0.05) is 0 Å². The molecular weight excluding hydrogens is 424 g/mol. The van der Waals surface area contributed by atoms with Crippen LogP contribution in [-0.2, 0) is 0 Å². The largest absolute Gasteiger partial charge is 0.237 e. The Morgan fingerprint density at radius 3 is 1.91 bits per heavy atom. The van der Waals surface area contributed by atoms with Gasteiger partial charge in [-0.2, -0.15) is 5.26 Å². The summed E-state index contributed by atoms with van der Waals surface area (Å²) >= 11 is 0. The van der Waals surface area contributed by atoms with E-state index in [1.165, 1.54) is 26.9 Å². The lowest BCUT2D eigenvalue weighted by molar-refractivity contribution is 1.43. The Morgan fingerprint density at radius 1 is 0.657 bits per heavy atom. The molecule has 0 aliphatic heterocycles. The van der Waals surface area contributed by atoms with Gasteiger partial charge in [-0.05, 0) is 79.2 Å². The van der Waals surface area contributed by atoms with Gasteiger partial charge < -0.3 is 0 Å². The Kier molecular flexibility index (Phi) is 4.81. The molecule has 0 aromatic heterocycles. The highest BCUT2D eigenvalue weighted by atomic mass is 14.6. The fourth-order valence-corrected chi connectivity index (χ4v) is 5.21. The van der Waals surface area contributed by atoms with Crippen LogP contribution >= 0.6 is 0 Å². The van der Waals surface area contributed by atoms with E-state index in [0.29, 0.717) is 11.3 Å². The summed E-state index contributed by atoms with van der Waals surface area (Å²) in [6, 6.07) is 38.0. The number of fused-ring (bicyclic) bond motifs is 4. The molecule has 6 aromatic rings. The fraction of sp³-hybridized carbons (Fsp3) is 0.0303. The van der Waals surface area contributed by atoms with E-state index < -0.39 is 0 Å². The minimum atomic E-state index is 0.384. The van der Waals surface area contributed by atoms with E-state index >= 15 is 0 Å². The zero-order valence-electron chi connectivity index (χ0n) is 19.2. The lowest BCUT2D eigenvalue weighted by atomic mass is 9.83. The van der Waals surface area contributed by atoms with Crippen LogP contribution in [0.5, 0.6) is 0 Å². The predicted molar refractivity (Wildman–Crippen MR) is 146 cm³/mol. The van der Waals surface area contributed by atoms with Gasteiger partial charge in [0.2, 0.25) is 5.69 Å². The Hall–Kier alpha value is -4.92. The first-order chi connectivity index (χ1) is 17.2. The van der Waals surface area contributed by atoms with E-state index in [9.17, 15) is 5.26 Å². The first-order valence-electron chi connectivity index (χ1n) is 11.5. The van der Waals surface area contributed by atoms with Gasteiger partial charge in [0.15, 0.2) is 0 Å². The SMILES string of the molecule is [C-]#[N+]c1cc(-c2c(-c3ccc4ccccc4c3)c3ccccc3c3ccccc23)c(C)cc1C#N. The molecular formula is C33H20N2. The molecule has 2 heteroatoms. The average Bonchev–Trinajstić information content (AvgIpc) is 2.92. The van der Waals surface area contributed by atoms with Gasteiger partial charge >= 0.3 is 0 Å². The zero-order valence-corrected chi connectivity index (χ0v) is 19.2. The molecule has 2 nitrogen and oxygen atoms in total. The van der Waals surface area contributed by atoms with Crippen LogP contribution in [0.15, 0.2) is 103 Å². The number of nitrogens with zero attached hydrogens (tertiary/aromatic N) is 2. The lowest BCUT2D eigenvalue weighted by Crippen LogP contribution is -1.94. The topological polar surface area (TPSA) is 28.1 Å². The number of rotatable bonds is 2. The van der Waals surface area contributed by atoms with E-state index in [4.69, 9.17) is 6.57 Å². The van der Waals surface area contributed by atoms with Crippen LogP contribution in [0, 0.1) is 24.8 Å². The summed E-state index contributed by atoms with van der Waals surface area (Å²) in [6.07, 6.45) is 0. The van der Waals surface area contributed by atoms with Crippen LogP contribution in [0.1, 0.15) is 11.1 Å². The van der Waals surface area contributed by atoms with Crippen molar-refractivity contribution >= 4 is 38.0 Å². The number of hydrogen-bond donors (Lipinski definition) is 0. The Morgan fingerprint density at radius 2 is 1.26 bits per heavy atom. The predicted octanol–water partition coefficient (Wildman–Crippen LogP) is 9.21. The third-order valence-electron chi connectivity index (χ3n) is 6.82. The normalized spacial score (nSPS) is 10.9. The summed E-state index contributed by atoms with van der Waals surface area (Å²) < 4.78 is 0. The summed E-state index contributed by atoms with van der Waals surface area (Å²) in [4.78, 5) is 3.68. The van der Waals surface area contributed by atoms with Crippen molar-refractivity contribution in [1.29, 1.82) is 5.26 Å². The van der Waals surface area contributed by atoms with Crippen molar-refractivity contribution in [2.75, 3.05) is 0 Å². The molecule has 6 rings (SSSR count). The average molecular weight is 445 g/mol. The third kappa shape index (κ3) is 3.24. The quantitative estimate of drug-likeness (QED) is 0.193. The number of nitriles is 1. The third-order valence-corrected chi connectivity index (χ3v) is 6.82. The summed E-state index contributed by atoms with van der Waals surface area (Å²) in [5, 5.41) is 16.7. The molecule has 0 unspecified atom stereocenters.